The fraction of sp³-hybridized carbons (Fsp3) is 0. The molecular weight excluding hydrogens is 799 g/mol. The maximum absolute atomic E-state index is 6.31. The highest BCUT2D eigenvalue weighted by atomic mass is 16.3. The molecule has 14 aromatic rings. The van der Waals surface area contributed by atoms with Crippen molar-refractivity contribution in [3.63, 3.8) is 0 Å². The van der Waals surface area contributed by atoms with Crippen LogP contribution in [0, 0.1) is 0 Å². The number of nitrogens with zero attached hydrogens (tertiary/aromatic N) is 1. The molecule has 0 amide bonds. The molecule has 0 aliphatic rings. The molecule has 2 nitrogen and oxygen atoms in total. The number of rotatable bonds is 6. The first-order valence-corrected chi connectivity index (χ1v) is 22.7. The molecule has 0 bridgehead atoms. The largest absolute Gasteiger partial charge is 0.456 e. The topological polar surface area (TPSA) is 16.4 Å². The number of hydrogen-bond acceptors (Lipinski definition) is 2. The van der Waals surface area contributed by atoms with Crippen molar-refractivity contribution in [3.05, 3.63) is 237 Å². The van der Waals surface area contributed by atoms with Gasteiger partial charge in [-0.05, 0) is 147 Å². The van der Waals surface area contributed by atoms with Crippen LogP contribution in [0.2, 0.25) is 0 Å². The van der Waals surface area contributed by atoms with E-state index in [1.54, 1.807) is 0 Å². The highest BCUT2D eigenvalue weighted by Crippen LogP contribution is 2.47. The van der Waals surface area contributed by atoms with Gasteiger partial charge in [-0.25, -0.2) is 0 Å². The van der Waals surface area contributed by atoms with Crippen LogP contribution in [0.4, 0.5) is 17.1 Å². The van der Waals surface area contributed by atoms with Crippen molar-refractivity contribution in [2.24, 2.45) is 0 Å². The Kier molecular flexibility index (Phi) is 8.02. The zero-order valence-electron chi connectivity index (χ0n) is 35.9. The molecule has 2 heteroatoms. The van der Waals surface area contributed by atoms with E-state index in [1.807, 2.05) is 6.07 Å². The first-order chi connectivity index (χ1) is 32.7. The minimum atomic E-state index is 0.898. The highest BCUT2D eigenvalue weighted by Gasteiger charge is 2.20. The molecule has 0 N–H and O–H groups in total. The fourth-order valence-electron chi connectivity index (χ4n) is 10.9. The second kappa shape index (κ2) is 14.4. The standard InChI is InChI=1S/C64H39NO/c1-2-10-40(11-3-1)41-22-24-42(25-23-41)43-30-34-49(35-31-43)65(50-36-32-44(33-37-50)52-16-9-21-59-64(52)56-15-4-5-20-58(56)66-59)51-38-48-29-28-47-13-7-18-54-53-17-6-12-45-26-27-46-14-8-19-55(62(46)60(45)53)57(39-51)63(48)61(47)54/h1-39H. The molecule has 0 fully saturated rings. The molecule has 306 valence electrons. The first-order valence-electron chi connectivity index (χ1n) is 22.7. The second-order valence-electron chi connectivity index (χ2n) is 17.6. The van der Waals surface area contributed by atoms with Crippen LogP contribution < -0.4 is 4.90 Å². The van der Waals surface area contributed by atoms with Crippen LogP contribution in [-0.4, -0.2) is 0 Å². The average Bonchev–Trinajstić information content (AvgIpc) is 3.77. The van der Waals surface area contributed by atoms with Crippen LogP contribution in [0.3, 0.4) is 0 Å². The molecule has 1 heterocycles. The molecule has 14 rings (SSSR count). The predicted octanol–water partition coefficient (Wildman–Crippen LogP) is 18.4. The SMILES string of the molecule is c1ccc(-c2ccc(-c3ccc(N(c4ccc(-c5cccc6oc7ccccc7c56)cc4)c4cc5ccc6cccc7c8cccc9ccc%10cccc(c(c4)c5c67)c%10c98)cc3)cc2)cc1. The van der Waals surface area contributed by atoms with Crippen molar-refractivity contribution in [2.75, 3.05) is 4.90 Å². The normalized spacial score (nSPS) is 11.9. The van der Waals surface area contributed by atoms with Crippen molar-refractivity contribution in [1.29, 1.82) is 0 Å². The van der Waals surface area contributed by atoms with Gasteiger partial charge in [0.25, 0.3) is 0 Å². The molecule has 0 aliphatic carbocycles. The summed E-state index contributed by atoms with van der Waals surface area (Å²) in [5.74, 6) is 0. The Hall–Kier alpha value is -8.72. The zero-order chi connectivity index (χ0) is 43.3. The number of anilines is 3. The summed E-state index contributed by atoms with van der Waals surface area (Å²) >= 11 is 0. The Bertz CT molecular complexity index is 4180. The van der Waals surface area contributed by atoms with Crippen molar-refractivity contribution >= 4 is 104 Å². The van der Waals surface area contributed by atoms with Crippen LogP contribution in [-0.2, 0) is 0 Å². The molecule has 1 aromatic heterocycles. The van der Waals surface area contributed by atoms with Gasteiger partial charge in [-0.3, -0.25) is 0 Å². The molecule has 0 unspecified atom stereocenters. The Morgan fingerprint density at radius 3 is 1.29 bits per heavy atom. The molecule has 0 saturated carbocycles. The van der Waals surface area contributed by atoms with E-state index in [4.69, 9.17) is 4.42 Å². The van der Waals surface area contributed by atoms with Gasteiger partial charge in [-0.15, -0.1) is 0 Å². The van der Waals surface area contributed by atoms with Gasteiger partial charge in [0.15, 0.2) is 0 Å². The van der Waals surface area contributed by atoms with Gasteiger partial charge in [0, 0.05) is 27.8 Å². The molecular formula is C64H39NO. The molecule has 0 radical (unpaired) electrons. The van der Waals surface area contributed by atoms with Crippen LogP contribution in [0.25, 0.3) is 120 Å². The maximum atomic E-state index is 6.31. The lowest BCUT2D eigenvalue weighted by atomic mass is 9.87. The lowest BCUT2D eigenvalue weighted by Crippen LogP contribution is -2.10. The molecule has 0 atom stereocenters. The van der Waals surface area contributed by atoms with Crippen molar-refractivity contribution in [1.82, 2.24) is 0 Å². The Labute approximate surface area is 381 Å². The fourth-order valence-corrected chi connectivity index (χ4v) is 10.9. The van der Waals surface area contributed by atoms with E-state index in [-0.39, 0.29) is 0 Å². The van der Waals surface area contributed by atoms with E-state index >= 15 is 0 Å². The van der Waals surface area contributed by atoms with Crippen molar-refractivity contribution in [2.45, 2.75) is 0 Å². The highest BCUT2D eigenvalue weighted by molar-refractivity contribution is 6.37. The van der Waals surface area contributed by atoms with Gasteiger partial charge in [0.05, 0.1) is 0 Å². The van der Waals surface area contributed by atoms with Gasteiger partial charge in [-0.2, -0.15) is 0 Å². The summed E-state index contributed by atoms with van der Waals surface area (Å²) in [5.41, 5.74) is 12.2. The predicted molar refractivity (Wildman–Crippen MR) is 281 cm³/mol. The maximum Gasteiger partial charge on any atom is 0.136 e. The quantitative estimate of drug-likeness (QED) is 0.155. The van der Waals surface area contributed by atoms with E-state index in [9.17, 15) is 0 Å². The number of furan rings is 1. The monoisotopic (exact) mass is 837 g/mol. The molecule has 66 heavy (non-hydrogen) atoms. The second-order valence-corrected chi connectivity index (χ2v) is 17.6. The third-order valence-corrected chi connectivity index (χ3v) is 14.0. The smallest absolute Gasteiger partial charge is 0.136 e. The Morgan fingerprint density at radius 1 is 0.242 bits per heavy atom. The Balaban J connectivity index is 0.994. The summed E-state index contributed by atoms with van der Waals surface area (Å²) in [6, 6.07) is 86.8. The van der Waals surface area contributed by atoms with Crippen LogP contribution in [0.15, 0.2) is 241 Å². The Morgan fingerprint density at radius 2 is 0.682 bits per heavy atom. The van der Waals surface area contributed by atoms with E-state index in [1.165, 1.54) is 86.9 Å². The third kappa shape index (κ3) is 5.62. The molecule has 0 saturated heterocycles. The molecule has 0 aliphatic heterocycles. The van der Waals surface area contributed by atoms with E-state index in [0.717, 1.165) is 50.1 Å². The zero-order valence-corrected chi connectivity index (χ0v) is 35.9. The van der Waals surface area contributed by atoms with E-state index in [0.29, 0.717) is 0 Å². The summed E-state index contributed by atoms with van der Waals surface area (Å²) in [4.78, 5) is 2.43. The summed E-state index contributed by atoms with van der Waals surface area (Å²) in [6.07, 6.45) is 0. The minimum absolute atomic E-state index is 0.898. The number of fused-ring (bicyclic) bond motifs is 5. The van der Waals surface area contributed by atoms with Crippen molar-refractivity contribution < 1.29 is 4.42 Å². The summed E-state index contributed by atoms with van der Waals surface area (Å²) < 4.78 is 6.31. The lowest BCUT2D eigenvalue weighted by Gasteiger charge is -2.27. The first kappa shape index (κ1) is 36.7. The van der Waals surface area contributed by atoms with Crippen LogP contribution in [0.1, 0.15) is 0 Å². The van der Waals surface area contributed by atoms with Gasteiger partial charge in [-0.1, -0.05) is 188 Å². The third-order valence-electron chi connectivity index (χ3n) is 14.0. The van der Waals surface area contributed by atoms with E-state index in [2.05, 4.69) is 235 Å². The van der Waals surface area contributed by atoms with Crippen LogP contribution >= 0.6 is 0 Å². The van der Waals surface area contributed by atoms with Gasteiger partial charge >= 0.3 is 0 Å². The lowest BCUT2D eigenvalue weighted by molar-refractivity contribution is 0.669. The molecule has 13 aromatic carbocycles. The summed E-state index contributed by atoms with van der Waals surface area (Å²) in [5, 5.41) is 17.5. The van der Waals surface area contributed by atoms with Gasteiger partial charge < -0.3 is 9.32 Å². The number of hydrogen-bond donors (Lipinski definition) is 0. The van der Waals surface area contributed by atoms with Gasteiger partial charge in [0.2, 0.25) is 0 Å². The van der Waals surface area contributed by atoms with E-state index < -0.39 is 0 Å². The number of benzene rings is 12. The minimum Gasteiger partial charge on any atom is -0.456 e. The molecule has 0 spiro atoms. The van der Waals surface area contributed by atoms with Crippen molar-refractivity contribution in [3.8, 4) is 33.4 Å². The summed E-state index contributed by atoms with van der Waals surface area (Å²) in [6.45, 7) is 0. The number of para-hydroxylation sites is 1. The van der Waals surface area contributed by atoms with Gasteiger partial charge in [0.1, 0.15) is 11.2 Å². The van der Waals surface area contributed by atoms with Crippen LogP contribution in [0.5, 0.6) is 0 Å². The average molecular weight is 838 g/mol. The summed E-state index contributed by atoms with van der Waals surface area (Å²) in [7, 11) is 0.